The van der Waals surface area contributed by atoms with Gasteiger partial charge in [0, 0.05) is 19.2 Å². The fourth-order valence-electron chi connectivity index (χ4n) is 2.62. The van der Waals surface area contributed by atoms with Gasteiger partial charge >= 0.3 is 0 Å². The van der Waals surface area contributed by atoms with Crippen molar-refractivity contribution in [3.63, 3.8) is 0 Å². The number of phenolic OH excluding ortho intramolecular Hbond substituents is 2. The van der Waals surface area contributed by atoms with Gasteiger partial charge in [0.05, 0.1) is 0 Å². The molecular formula is C14H21NO3. The van der Waals surface area contributed by atoms with Crippen LogP contribution in [0.3, 0.4) is 0 Å². The molecule has 0 bridgehead atoms. The number of aromatic hydroxyl groups is 2. The zero-order valence-electron chi connectivity index (χ0n) is 10.5. The van der Waals surface area contributed by atoms with Gasteiger partial charge in [0.2, 0.25) is 0 Å². The lowest BCUT2D eigenvalue weighted by atomic mass is 9.85. The van der Waals surface area contributed by atoms with Crippen molar-refractivity contribution in [2.24, 2.45) is 5.92 Å². The Kier molecular flexibility index (Phi) is 4.44. The van der Waals surface area contributed by atoms with Gasteiger partial charge in [-0.2, -0.15) is 0 Å². The summed E-state index contributed by atoms with van der Waals surface area (Å²) in [6.07, 6.45) is 4.57. The largest absolute Gasteiger partial charge is 0.504 e. The first-order valence-corrected chi connectivity index (χ1v) is 6.56. The molecule has 2 rings (SSSR count). The summed E-state index contributed by atoms with van der Waals surface area (Å²) in [5.41, 5.74) is 0.938. The predicted molar refractivity (Wildman–Crippen MR) is 69.4 cm³/mol. The van der Waals surface area contributed by atoms with Crippen LogP contribution in [0.15, 0.2) is 18.2 Å². The van der Waals surface area contributed by atoms with Crippen molar-refractivity contribution in [1.29, 1.82) is 0 Å². The SMILES string of the molecule is OCC1CCCCC1NCc1ccc(O)c(O)c1. The summed E-state index contributed by atoms with van der Waals surface area (Å²) in [6, 6.07) is 5.20. The van der Waals surface area contributed by atoms with Crippen LogP contribution in [-0.2, 0) is 6.54 Å². The fraction of sp³-hybridized carbons (Fsp3) is 0.571. The second-order valence-electron chi connectivity index (χ2n) is 5.04. The first-order valence-electron chi connectivity index (χ1n) is 6.56. The molecular weight excluding hydrogens is 230 g/mol. The van der Waals surface area contributed by atoms with Gasteiger partial charge in [0.1, 0.15) is 0 Å². The highest BCUT2D eigenvalue weighted by Crippen LogP contribution is 2.26. The maximum atomic E-state index is 9.42. The van der Waals surface area contributed by atoms with E-state index in [2.05, 4.69) is 5.32 Å². The van der Waals surface area contributed by atoms with Crippen LogP contribution in [0.25, 0.3) is 0 Å². The van der Waals surface area contributed by atoms with E-state index in [4.69, 9.17) is 0 Å². The van der Waals surface area contributed by atoms with Gasteiger partial charge in [0.25, 0.3) is 0 Å². The van der Waals surface area contributed by atoms with Crippen molar-refractivity contribution in [3.8, 4) is 11.5 Å². The van der Waals surface area contributed by atoms with Crippen molar-refractivity contribution in [3.05, 3.63) is 23.8 Å². The van der Waals surface area contributed by atoms with Crippen LogP contribution in [0.2, 0.25) is 0 Å². The number of hydrogen-bond acceptors (Lipinski definition) is 4. The molecule has 4 N–H and O–H groups in total. The maximum Gasteiger partial charge on any atom is 0.157 e. The van der Waals surface area contributed by atoms with Gasteiger partial charge in [-0.15, -0.1) is 0 Å². The second-order valence-corrected chi connectivity index (χ2v) is 5.04. The zero-order chi connectivity index (χ0) is 13.0. The highest BCUT2D eigenvalue weighted by atomic mass is 16.3. The summed E-state index contributed by atoms with van der Waals surface area (Å²) in [4.78, 5) is 0. The maximum absolute atomic E-state index is 9.42. The summed E-state index contributed by atoms with van der Waals surface area (Å²) in [5.74, 6) is 0.158. The third-order valence-electron chi connectivity index (χ3n) is 3.75. The van der Waals surface area contributed by atoms with Crippen molar-refractivity contribution in [1.82, 2.24) is 5.32 Å². The summed E-state index contributed by atoms with van der Waals surface area (Å²) >= 11 is 0. The minimum Gasteiger partial charge on any atom is -0.504 e. The molecule has 0 spiro atoms. The molecule has 0 heterocycles. The molecule has 18 heavy (non-hydrogen) atoms. The molecule has 0 saturated heterocycles. The molecule has 1 aliphatic carbocycles. The van der Waals surface area contributed by atoms with E-state index in [-0.39, 0.29) is 18.1 Å². The topological polar surface area (TPSA) is 72.7 Å². The van der Waals surface area contributed by atoms with Crippen LogP contribution in [0.5, 0.6) is 11.5 Å². The molecule has 1 saturated carbocycles. The molecule has 0 radical (unpaired) electrons. The monoisotopic (exact) mass is 251 g/mol. The van der Waals surface area contributed by atoms with Crippen LogP contribution < -0.4 is 5.32 Å². The Morgan fingerprint density at radius 2 is 1.89 bits per heavy atom. The number of hydrogen-bond donors (Lipinski definition) is 4. The quantitative estimate of drug-likeness (QED) is 0.615. The average Bonchev–Trinajstić information content (AvgIpc) is 2.40. The van der Waals surface area contributed by atoms with Crippen LogP contribution in [0.4, 0.5) is 0 Å². The first kappa shape index (κ1) is 13.2. The van der Waals surface area contributed by atoms with Crippen LogP contribution in [0, 0.1) is 5.92 Å². The number of benzene rings is 1. The van der Waals surface area contributed by atoms with Gasteiger partial charge in [-0.05, 0) is 36.5 Å². The fourth-order valence-corrected chi connectivity index (χ4v) is 2.62. The smallest absolute Gasteiger partial charge is 0.157 e. The summed E-state index contributed by atoms with van der Waals surface area (Å²) in [6.45, 7) is 0.882. The summed E-state index contributed by atoms with van der Waals surface area (Å²) in [5, 5.41) is 31.4. The molecule has 100 valence electrons. The average molecular weight is 251 g/mol. The van der Waals surface area contributed by atoms with Crippen molar-refractivity contribution in [2.75, 3.05) is 6.61 Å². The number of rotatable bonds is 4. The number of phenols is 2. The molecule has 4 heteroatoms. The van der Waals surface area contributed by atoms with Gasteiger partial charge in [0.15, 0.2) is 11.5 Å². The Hall–Kier alpha value is -1.26. The molecule has 0 amide bonds. The van der Waals surface area contributed by atoms with E-state index in [1.807, 2.05) is 0 Å². The normalized spacial score (nSPS) is 24.1. The summed E-state index contributed by atoms with van der Waals surface area (Å²) in [7, 11) is 0. The highest BCUT2D eigenvalue weighted by Gasteiger charge is 2.23. The number of aliphatic hydroxyl groups excluding tert-OH is 1. The highest BCUT2D eigenvalue weighted by molar-refractivity contribution is 5.40. The Bertz CT molecular complexity index is 395. The molecule has 2 atom stereocenters. The van der Waals surface area contributed by atoms with Crippen molar-refractivity contribution in [2.45, 2.75) is 38.3 Å². The van der Waals surface area contributed by atoms with Gasteiger partial charge in [-0.1, -0.05) is 18.9 Å². The minimum absolute atomic E-state index is 0.0864. The van der Waals surface area contributed by atoms with Gasteiger partial charge in [-0.25, -0.2) is 0 Å². The van der Waals surface area contributed by atoms with Crippen molar-refractivity contribution >= 4 is 0 Å². The molecule has 1 fully saturated rings. The zero-order valence-corrected chi connectivity index (χ0v) is 10.5. The Morgan fingerprint density at radius 1 is 1.11 bits per heavy atom. The molecule has 2 unspecified atom stereocenters. The van der Waals surface area contributed by atoms with Crippen molar-refractivity contribution < 1.29 is 15.3 Å². The van der Waals surface area contributed by atoms with E-state index in [1.54, 1.807) is 12.1 Å². The van der Waals surface area contributed by atoms with E-state index in [0.717, 1.165) is 18.4 Å². The molecule has 0 aromatic heterocycles. The second kappa shape index (κ2) is 6.07. The van der Waals surface area contributed by atoms with Crippen LogP contribution in [-0.4, -0.2) is 28.0 Å². The first-order chi connectivity index (χ1) is 8.70. The van der Waals surface area contributed by atoms with Gasteiger partial charge < -0.3 is 20.6 Å². The molecule has 4 nitrogen and oxygen atoms in total. The molecule has 1 aromatic carbocycles. The lowest BCUT2D eigenvalue weighted by Crippen LogP contribution is -2.39. The summed E-state index contributed by atoms with van der Waals surface area (Å²) < 4.78 is 0. The number of aliphatic hydroxyl groups is 1. The van der Waals surface area contributed by atoms with E-state index in [1.165, 1.54) is 18.9 Å². The number of nitrogens with one attached hydrogen (secondary N) is 1. The lowest BCUT2D eigenvalue weighted by Gasteiger charge is -2.31. The molecule has 1 aromatic rings. The van der Waals surface area contributed by atoms with Gasteiger partial charge in [-0.3, -0.25) is 0 Å². The Balaban J connectivity index is 1.91. The van der Waals surface area contributed by atoms with E-state index in [9.17, 15) is 15.3 Å². The van der Waals surface area contributed by atoms with Crippen LogP contribution >= 0.6 is 0 Å². The van der Waals surface area contributed by atoms with E-state index in [0.29, 0.717) is 18.5 Å². The van der Waals surface area contributed by atoms with Crippen LogP contribution in [0.1, 0.15) is 31.2 Å². The van der Waals surface area contributed by atoms with E-state index < -0.39 is 0 Å². The lowest BCUT2D eigenvalue weighted by molar-refractivity contribution is 0.152. The Labute approximate surface area is 107 Å². The third-order valence-corrected chi connectivity index (χ3v) is 3.75. The third kappa shape index (κ3) is 3.15. The standard InChI is InChI=1S/C14H21NO3/c16-9-11-3-1-2-4-12(11)15-8-10-5-6-13(17)14(18)7-10/h5-7,11-12,15-18H,1-4,8-9H2. The van der Waals surface area contributed by atoms with E-state index >= 15 is 0 Å². The molecule has 1 aliphatic rings. The minimum atomic E-state index is -0.0929. The molecule has 0 aliphatic heterocycles. The predicted octanol–water partition coefficient (Wildman–Crippen LogP) is 1.74. The Morgan fingerprint density at radius 3 is 2.61 bits per heavy atom.